The number of aromatic nitrogens is 5. The number of ether oxygens (including phenoxy) is 2. The number of carbonyl (C=O) groups is 1. The summed E-state index contributed by atoms with van der Waals surface area (Å²) in [5, 5.41) is 44.8. The monoisotopic (exact) mass is 702 g/mol. The Balaban J connectivity index is 1.16. The molecule has 1 amide bonds. The minimum atomic E-state index is -5.39. The zero-order valence-corrected chi connectivity index (χ0v) is 25.7. The number of phosphoric acid groups is 2. The number of terminal acetylenes is 1. The van der Waals surface area contributed by atoms with Gasteiger partial charge in [-0.1, -0.05) is 5.92 Å². The van der Waals surface area contributed by atoms with Crippen molar-refractivity contribution in [3.63, 3.8) is 0 Å². The van der Waals surface area contributed by atoms with Gasteiger partial charge in [-0.15, -0.1) is 6.42 Å². The van der Waals surface area contributed by atoms with Gasteiger partial charge in [0.15, 0.2) is 41.7 Å². The van der Waals surface area contributed by atoms with Crippen molar-refractivity contribution in [2.24, 2.45) is 5.73 Å². The van der Waals surface area contributed by atoms with Crippen LogP contribution in [0.3, 0.4) is 0 Å². The maximum atomic E-state index is 12.5. The molecule has 5 rings (SSSR count). The number of nitrogens with two attached hydrogens (primary N) is 1. The molecular weight excluding hydrogens is 672 g/mol. The maximum absolute atomic E-state index is 12.5. The van der Waals surface area contributed by atoms with Crippen LogP contribution in [-0.4, -0.2) is 112 Å². The van der Waals surface area contributed by atoms with Gasteiger partial charge in [0, 0.05) is 6.07 Å². The molecule has 0 bridgehead atoms. The molecule has 2 fully saturated rings. The lowest BCUT2D eigenvalue weighted by atomic mass is 10.1. The first-order valence-corrected chi connectivity index (χ1v) is 16.5. The van der Waals surface area contributed by atoms with Crippen molar-refractivity contribution in [2.75, 3.05) is 25.1 Å². The highest BCUT2D eigenvalue weighted by Gasteiger charge is 2.50. The Morgan fingerprint density at radius 2 is 1.70 bits per heavy atom. The number of anilines is 1. The predicted molar refractivity (Wildman–Crippen MR) is 152 cm³/mol. The predicted octanol–water partition coefficient (Wildman–Crippen LogP) is -2.55. The molecule has 0 aromatic carbocycles. The topological polar surface area (TPSA) is 304 Å². The number of amides is 1. The van der Waals surface area contributed by atoms with Crippen LogP contribution < -0.4 is 15.6 Å². The highest BCUT2D eigenvalue weighted by molar-refractivity contribution is 7.61. The lowest BCUT2D eigenvalue weighted by Crippen LogP contribution is -2.46. The van der Waals surface area contributed by atoms with Gasteiger partial charge in [-0.2, -0.15) is 8.88 Å². The van der Waals surface area contributed by atoms with Crippen molar-refractivity contribution in [1.82, 2.24) is 19.5 Å². The van der Waals surface area contributed by atoms with Gasteiger partial charge in [-0.05, 0) is 6.07 Å². The summed E-state index contributed by atoms with van der Waals surface area (Å²) in [5.41, 5.74) is 5.79. The van der Waals surface area contributed by atoms with Crippen molar-refractivity contribution >= 4 is 38.5 Å². The van der Waals surface area contributed by atoms with Crippen LogP contribution in [-0.2, 0) is 32.0 Å². The first-order chi connectivity index (χ1) is 22.2. The van der Waals surface area contributed by atoms with Crippen LogP contribution in [0.5, 0.6) is 0 Å². The number of aliphatic hydroxyl groups is 4. The molecule has 0 saturated carbocycles. The molecule has 0 radical (unpaired) electrons. The summed E-state index contributed by atoms with van der Waals surface area (Å²) in [4.78, 5) is 43.9. The molecule has 2 unspecified atom stereocenters. The fraction of sp³-hybridized carbons (Fsp3) is 0.458. The molecule has 47 heavy (non-hydrogen) atoms. The zero-order chi connectivity index (χ0) is 34.1. The molecule has 10 atom stereocenters. The number of aliphatic hydroxyl groups excluding tert-OH is 4. The second-order valence-electron chi connectivity index (χ2n) is 10.2. The number of hydrogen-bond donors (Lipinski definition) is 8. The van der Waals surface area contributed by atoms with Crippen LogP contribution in [0.2, 0.25) is 0 Å². The van der Waals surface area contributed by atoms with Crippen LogP contribution >= 0.6 is 15.6 Å². The Morgan fingerprint density at radius 3 is 2.36 bits per heavy atom. The largest absolute Gasteiger partial charge is 0.481 e. The van der Waals surface area contributed by atoms with Gasteiger partial charge in [0.1, 0.15) is 42.4 Å². The maximum Gasteiger partial charge on any atom is 0.481 e. The number of phosphoric ester groups is 2. The lowest BCUT2D eigenvalue weighted by Gasteiger charge is -2.20. The summed E-state index contributed by atoms with van der Waals surface area (Å²) in [7, 11) is -10.8. The molecule has 3 aromatic rings. The zero-order valence-electron chi connectivity index (χ0n) is 23.9. The number of rotatable bonds is 13. The number of carbonyl (C=O) groups excluding carboxylic acids is 1. The van der Waals surface area contributed by atoms with Gasteiger partial charge in [-0.25, -0.2) is 24.1 Å². The van der Waals surface area contributed by atoms with E-state index in [0.717, 1.165) is 0 Å². The molecule has 0 spiro atoms. The average molecular weight is 702 g/mol. The van der Waals surface area contributed by atoms with Gasteiger partial charge < -0.3 is 50.7 Å². The third kappa shape index (κ3) is 7.66. The Morgan fingerprint density at radius 1 is 1.04 bits per heavy atom. The van der Waals surface area contributed by atoms with Crippen molar-refractivity contribution in [1.29, 1.82) is 0 Å². The molecular formula is C24H30N7O14P2+. The Hall–Kier alpha value is -3.45. The van der Waals surface area contributed by atoms with Crippen LogP contribution in [0.4, 0.5) is 5.82 Å². The minimum absolute atomic E-state index is 0.0675. The Labute approximate surface area is 264 Å². The van der Waals surface area contributed by atoms with E-state index in [4.69, 9.17) is 30.7 Å². The first kappa shape index (κ1) is 34.9. The van der Waals surface area contributed by atoms with Crippen LogP contribution in [0, 0.1) is 12.3 Å². The standard InChI is InChI=1S/C24H29N7O14P2/c1-2-5-26-21-15-22(28-10-27-21)31(11-29-15)24-19(35)17(33)14(44-24)9-42-47(39,40)45-46(37,38)41-8-13-16(32)18(34)23(43-13)30-6-3-4-12(7-30)20(25)36/h1,3-4,6-7,10-11,13-14,16-19,23-24,32-35H,5,8-9H2,(H4-,25,26,27,28,36,37,38,39,40)/p+1/t13-,14-,16-,17-,18-,19-,23-,24-/m1/s1. The highest BCUT2D eigenvalue weighted by atomic mass is 31.3. The third-order valence-corrected chi connectivity index (χ3v) is 9.68. The van der Waals surface area contributed by atoms with Crippen LogP contribution in [0.1, 0.15) is 22.8 Å². The molecule has 0 aliphatic carbocycles. The smallest absolute Gasteiger partial charge is 0.387 e. The van der Waals surface area contributed by atoms with Crippen molar-refractivity contribution < 1.29 is 71.5 Å². The normalized spacial score (nSPS) is 30.1. The molecule has 5 heterocycles. The van der Waals surface area contributed by atoms with E-state index in [0.29, 0.717) is 5.82 Å². The number of primary amides is 1. The molecule has 23 heteroatoms. The number of imidazole rings is 1. The van der Waals surface area contributed by atoms with Gasteiger partial charge in [0.25, 0.3) is 12.1 Å². The van der Waals surface area contributed by atoms with E-state index in [-0.39, 0.29) is 23.3 Å². The summed E-state index contributed by atoms with van der Waals surface area (Å²) >= 11 is 0. The summed E-state index contributed by atoms with van der Waals surface area (Å²) in [5.74, 6) is 1.92. The fourth-order valence-electron chi connectivity index (χ4n) is 4.82. The number of pyridine rings is 1. The van der Waals surface area contributed by atoms with Crippen molar-refractivity contribution in [3.8, 4) is 12.3 Å². The lowest BCUT2D eigenvalue weighted by molar-refractivity contribution is -0.765. The number of nitrogens with zero attached hydrogens (tertiary/aromatic N) is 5. The molecule has 9 N–H and O–H groups in total. The van der Waals surface area contributed by atoms with E-state index < -0.39 is 83.8 Å². The number of fused-ring (bicyclic) bond motifs is 1. The Kier molecular flexibility index (Phi) is 10.4. The van der Waals surface area contributed by atoms with E-state index in [9.17, 15) is 44.1 Å². The Bertz CT molecular complexity index is 1760. The van der Waals surface area contributed by atoms with Crippen molar-refractivity contribution in [2.45, 2.75) is 49.1 Å². The van der Waals surface area contributed by atoms with Crippen LogP contribution in [0.25, 0.3) is 11.2 Å². The molecule has 21 nitrogen and oxygen atoms in total. The van der Waals surface area contributed by atoms with Gasteiger partial charge >= 0.3 is 15.6 Å². The summed E-state index contributed by atoms with van der Waals surface area (Å²) in [6.45, 7) is -1.67. The molecule has 2 saturated heterocycles. The SMILES string of the molecule is C#CCNc1ncnc2c1ncn2[C@@H]1O[C@H](COP(=O)(O)OP(=O)(O)OC[C@H]2O[C@@H]([n+]3cccc(C(N)=O)c3)[C@H](O)[C@@H]2O)[C@@H](O)[C@H]1O. The third-order valence-electron chi connectivity index (χ3n) is 7.08. The van der Waals surface area contributed by atoms with E-state index in [1.807, 2.05) is 0 Å². The number of nitrogens with one attached hydrogen (secondary N) is 1. The minimum Gasteiger partial charge on any atom is -0.387 e. The van der Waals surface area contributed by atoms with Gasteiger partial charge in [0.05, 0.1) is 26.1 Å². The fourth-order valence-corrected chi connectivity index (χ4v) is 6.91. The summed E-state index contributed by atoms with van der Waals surface area (Å²) in [6, 6.07) is 2.83. The average Bonchev–Trinajstić information content (AvgIpc) is 3.67. The van der Waals surface area contributed by atoms with Crippen LogP contribution in [0.15, 0.2) is 37.2 Å². The molecule has 254 valence electrons. The van der Waals surface area contributed by atoms with Gasteiger partial charge in [0.2, 0.25) is 0 Å². The van der Waals surface area contributed by atoms with E-state index in [1.54, 1.807) is 0 Å². The number of hydrogen-bond acceptors (Lipinski definition) is 16. The van der Waals surface area contributed by atoms with Crippen molar-refractivity contribution in [3.05, 3.63) is 42.7 Å². The van der Waals surface area contributed by atoms with Gasteiger partial charge in [-0.3, -0.25) is 18.4 Å². The quantitative estimate of drug-likeness (QED) is 0.0516. The molecule has 2 aliphatic rings. The van der Waals surface area contributed by atoms with E-state index >= 15 is 0 Å². The second-order valence-corrected chi connectivity index (χ2v) is 13.3. The second kappa shape index (κ2) is 14.0. The first-order valence-electron chi connectivity index (χ1n) is 13.6. The summed E-state index contributed by atoms with van der Waals surface area (Å²) < 4.78 is 52.4. The molecule has 2 aliphatic heterocycles. The van der Waals surface area contributed by atoms with E-state index in [2.05, 4.69) is 30.5 Å². The highest BCUT2D eigenvalue weighted by Crippen LogP contribution is 2.60. The molecule has 3 aromatic heterocycles. The van der Waals surface area contributed by atoms with E-state index in [1.165, 1.54) is 46.3 Å². The summed E-state index contributed by atoms with van der Waals surface area (Å²) in [6.07, 6.45) is -1.57.